The summed E-state index contributed by atoms with van der Waals surface area (Å²) in [5.74, 6) is 0.664. The Morgan fingerprint density at radius 3 is 2.20 bits per heavy atom. The molecule has 1 atom stereocenters. The van der Waals surface area contributed by atoms with Crippen molar-refractivity contribution in [2.24, 2.45) is 5.92 Å². The molecule has 1 amide bonds. The molecular weight excluding hydrogens is 340 g/mol. The summed E-state index contributed by atoms with van der Waals surface area (Å²) in [6.45, 7) is 6.72. The minimum atomic E-state index is -3.16. The summed E-state index contributed by atoms with van der Waals surface area (Å²) < 4.78 is 30.1. The maximum absolute atomic E-state index is 12.4. The topological polar surface area (TPSA) is 75.7 Å². The van der Waals surface area contributed by atoms with Gasteiger partial charge in [-0.2, -0.15) is 0 Å². The number of piperidine rings is 1. The molecule has 1 aromatic rings. The summed E-state index contributed by atoms with van der Waals surface area (Å²) in [7, 11) is -3.16. The van der Waals surface area contributed by atoms with Gasteiger partial charge in [0, 0.05) is 19.0 Å². The molecule has 140 valence electrons. The van der Waals surface area contributed by atoms with Crippen LogP contribution in [0.15, 0.2) is 24.3 Å². The third kappa shape index (κ3) is 5.71. The van der Waals surface area contributed by atoms with Crippen LogP contribution in [0, 0.1) is 5.92 Å². The van der Waals surface area contributed by atoms with Crippen LogP contribution in [0.2, 0.25) is 0 Å². The molecule has 1 aliphatic rings. The van der Waals surface area contributed by atoms with E-state index in [2.05, 4.69) is 5.32 Å². The number of rotatable bonds is 6. The fourth-order valence-electron chi connectivity index (χ4n) is 2.97. The molecule has 1 saturated heterocycles. The number of nitrogens with zero attached hydrogens (tertiary/aromatic N) is 1. The van der Waals surface area contributed by atoms with Crippen molar-refractivity contribution < 1.29 is 17.9 Å². The molecule has 0 spiro atoms. The molecule has 1 aliphatic heterocycles. The van der Waals surface area contributed by atoms with Gasteiger partial charge in [-0.25, -0.2) is 12.7 Å². The number of carbonyl (C=O) groups is 1. The normalized spacial score (nSPS) is 18.1. The number of benzene rings is 1. The van der Waals surface area contributed by atoms with Crippen LogP contribution < -0.4 is 10.1 Å². The number of hydrogen-bond acceptors (Lipinski definition) is 4. The summed E-state index contributed by atoms with van der Waals surface area (Å²) in [4.78, 5) is 12.4. The number of nitrogens with one attached hydrogen (secondary N) is 1. The third-order valence-electron chi connectivity index (χ3n) is 4.40. The van der Waals surface area contributed by atoms with E-state index in [1.54, 1.807) is 0 Å². The fraction of sp³-hybridized carbons (Fsp3) is 0.611. The molecule has 2 rings (SSSR count). The minimum Gasteiger partial charge on any atom is -0.491 e. The first-order valence-electron chi connectivity index (χ1n) is 8.69. The molecule has 1 heterocycles. The molecule has 1 N–H and O–H groups in total. The Morgan fingerprint density at radius 1 is 1.16 bits per heavy atom. The smallest absolute Gasteiger partial charge is 0.223 e. The fourth-order valence-corrected chi connectivity index (χ4v) is 3.85. The van der Waals surface area contributed by atoms with Gasteiger partial charge in [0.15, 0.2) is 0 Å². The minimum absolute atomic E-state index is 0.0110. The summed E-state index contributed by atoms with van der Waals surface area (Å²) in [6, 6.07) is 7.61. The standard InChI is InChI=1S/C18H28N2O4S/c1-13(2)24-17-7-5-15(6-8-17)14(3)19-18(21)16-9-11-20(12-10-16)25(4,22)23/h5-8,13-14,16H,9-12H2,1-4H3,(H,19,21). The van der Waals surface area contributed by atoms with Crippen molar-refractivity contribution in [3.05, 3.63) is 29.8 Å². The monoisotopic (exact) mass is 368 g/mol. The highest BCUT2D eigenvalue weighted by molar-refractivity contribution is 7.88. The first kappa shape index (κ1) is 19.7. The van der Waals surface area contributed by atoms with Crippen LogP contribution in [-0.4, -0.2) is 44.1 Å². The Labute approximate surface area is 150 Å². The van der Waals surface area contributed by atoms with Crippen LogP contribution in [-0.2, 0) is 14.8 Å². The average Bonchev–Trinajstić information content (AvgIpc) is 2.54. The number of carbonyl (C=O) groups excluding carboxylic acids is 1. The zero-order valence-electron chi connectivity index (χ0n) is 15.4. The second-order valence-corrected chi connectivity index (χ2v) is 8.88. The first-order valence-corrected chi connectivity index (χ1v) is 10.5. The van der Waals surface area contributed by atoms with E-state index in [-0.39, 0.29) is 24.0 Å². The quantitative estimate of drug-likeness (QED) is 0.836. The lowest BCUT2D eigenvalue weighted by molar-refractivity contribution is -0.126. The van der Waals surface area contributed by atoms with Crippen molar-refractivity contribution in [3.8, 4) is 5.75 Å². The van der Waals surface area contributed by atoms with E-state index in [1.807, 2.05) is 45.0 Å². The van der Waals surface area contributed by atoms with E-state index >= 15 is 0 Å². The van der Waals surface area contributed by atoms with E-state index < -0.39 is 10.0 Å². The molecular formula is C18H28N2O4S. The molecule has 0 saturated carbocycles. The summed E-state index contributed by atoms with van der Waals surface area (Å²) in [5.41, 5.74) is 1.01. The number of amides is 1. The Bertz CT molecular complexity index is 678. The summed E-state index contributed by atoms with van der Waals surface area (Å²) in [5, 5.41) is 3.03. The molecule has 1 aromatic carbocycles. The van der Waals surface area contributed by atoms with Crippen molar-refractivity contribution in [1.29, 1.82) is 0 Å². The van der Waals surface area contributed by atoms with Gasteiger partial charge >= 0.3 is 0 Å². The molecule has 0 aliphatic carbocycles. The molecule has 7 heteroatoms. The lowest BCUT2D eigenvalue weighted by atomic mass is 9.96. The molecule has 0 radical (unpaired) electrons. The maximum atomic E-state index is 12.4. The SMILES string of the molecule is CC(C)Oc1ccc(C(C)NC(=O)C2CCN(S(C)(=O)=O)CC2)cc1. The highest BCUT2D eigenvalue weighted by Gasteiger charge is 2.29. The van der Waals surface area contributed by atoms with Crippen LogP contribution in [0.1, 0.15) is 45.2 Å². The highest BCUT2D eigenvalue weighted by atomic mass is 32.2. The van der Waals surface area contributed by atoms with Gasteiger partial charge in [0.25, 0.3) is 0 Å². The molecule has 1 fully saturated rings. The Balaban J connectivity index is 1.88. The number of hydrogen-bond donors (Lipinski definition) is 1. The summed E-state index contributed by atoms with van der Waals surface area (Å²) >= 11 is 0. The molecule has 25 heavy (non-hydrogen) atoms. The second-order valence-electron chi connectivity index (χ2n) is 6.90. The first-order chi connectivity index (χ1) is 11.7. The predicted molar refractivity (Wildman–Crippen MR) is 97.9 cm³/mol. The molecule has 1 unspecified atom stereocenters. The van der Waals surface area contributed by atoms with Gasteiger partial charge < -0.3 is 10.1 Å². The zero-order chi connectivity index (χ0) is 18.6. The van der Waals surface area contributed by atoms with Crippen LogP contribution in [0.5, 0.6) is 5.75 Å². The maximum Gasteiger partial charge on any atom is 0.223 e. The molecule has 0 bridgehead atoms. The van der Waals surface area contributed by atoms with Gasteiger partial charge in [0.2, 0.25) is 15.9 Å². The van der Waals surface area contributed by atoms with E-state index in [0.717, 1.165) is 11.3 Å². The van der Waals surface area contributed by atoms with Crippen molar-refractivity contribution in [2.45, 2.75) is 45.8 Å². The van der Waals surface area contributed by atoms with Gasteiger partial charge in [0.1, 0.15) is 5.75 Å². The zero-order valence-corrected chi connectivity index (χ0v) is 16.2. The van der Waals surface area contributed by atoms with Crippen LogP contribution in [0.3, 0.4) is 0 Å². The Morgan fingerprint density at radius 2 is 1.72 bits per heavy atom. The van der Waals surface area contributed by atoms with E-state index in [4.69, 9.17) is 4.74 Å². The van der Waals surface area contributed by atoms with Crippen molar-refractivity contribution in [1.82, 2.24) is 9.62 Å². The lowest BCUT2D eigenvalue weighted by Crippen LogP contribution is -2.43. The second kappa shape index (κ2) is 8.19. The van der Waals surface area contributed by atoms with E-state index in [9.17, 15) is 13.2 Å². The predicted octanol–water partition coefficient (Wildman–Crippen LogP) is 2.32. The molecule has 6 nitrogen and oxygen atoms in total. The van der Waals surface area contributed by atoms with Gasteiger partial charge in [-0.05, 0) is 51.3 Å². The van der Waals surface area contributed by atoms with Crippen LogP contribution >= 0.6 is 0 Å². The Hall–Kier alpha value is -1.60. The molecule has 0 aromatic heterocycles. The Kier molecular flexibility index (Phi) is 6.46. The van der Waals surface area contributed by atoms with Gasteiger partial charge in [-0.15, -0.1) is 0 Å². The highest BCUT2D eigenvalue weighted by Crippen LogP contribution is 2.22. The van der Waals surface area contributed by atoms with Crippen molar-refractivity contribution in [2.75, 3.05) is 19.3 Å². The number of ether oxygens (including phenoxy) is 1. The van der Waals surface area contributed by atoms with Crippen LogP contribution in [0.4, 0.5) is 0 Å². The van der Waals surface area contributed by atoms with Crippen LogP contribution in [0.25, 0.3) is 0 Å². The number of sulfonamides is 1. The van der Waals surface area contributed by atoms with Gasteiger partial charge in [-0.1, -0.05) is 12.1 Å². The van der Waals surface area contributed by atoms with Crippen molar-refractivity contribution in [3.63, 3.8) is 0 Å². The average molecular weight is 368 g/mol. The van der Waals surface area contributed by atoms with E-state index in [0.29, 0.717) is 25.9 Å². The van der Waals surface area contributed by atoms with Crippen molar-refractivity contribution >= 4 is 15.9 Å². The van der Waals surface area contributed by atoms with Gasteiger partial charge in [-0.3, -0.25) is 4.79 Å². The van der Waals surface area contributed by atoms with E-state index in [1.165, 1.54) is 10.6 Å². The summed E-state index contributed by atoms with van der Waals surface area (Å²) in [6.07, 6.45) is 2.46. The largest absolute Gasteiger partial charge is 0.491 e. The van der Waals surface area contributed by atoms with Gasteiger partial charge in [0.05, 0.1) is 18.4 Å². The lowest BCUT2D eigenvalue weighted by Gasteiger charge is -2.30. The third-order valence-corrected chi connectivity index (χ3v) is 5.71.